The van der Waals surface area contributed by atoms with E-state index in [0.717, 1.165) is 17.3 Å². The summed E-state index contributed by atoms with van der Waals surface area (Å²) in [5.41, 5.74) is 5.14. The molecule has 0 spiro atoms. The number of halogens is 1. The summed E-state index contributed by atoms with van der Waals surface area (Å²) in [5, 5.41) is 8.94. The van der Waals surface area contributed by atoms with Gasteiger partial charge in [0.05, 0.1) is 5.69 Å². The maximum Gasteiger partial charge on any atom is 0.0641 e. The van der Waals surface area contributed by atoms with Crippen LogP contribution in [0.15, 0.2) is 24.3 Å². The Labute approximate surface area is 131 Å². The standard InChI is InChI=1S/C17H22ClN3/c1-11-17(12(2)21(3)20-11)10-19-16-8-14(9-16)13-4-6-15(18)7-5-13/h4-7,14,16,19H,8-10H2,1-3H3. The first-order valence-electron chi connectivity index (χ1n) is 7.52. The van der Waals surface area contributed by atoms with Crippen molar-refractivity contribution in [2.45, 2.75) is 45.2 Å². The fraction of sp³-hybridized carbons (Fsp3) is 0.471. The molecule has 0 atom stereocenters. The zero-order chi connectivity index (χ0) is 15.0. The van der Waals surface area contributed by atoms with Gasteiger partial charge in [-0.2, -0.15) is 5.10 Å². The van der Waals surface area contributed by atoms with E-state index in [4.69, 9.17) is 11.6 Å². The van der Waals surface area contributed by atoms with Gasteiger partial charge in [0.25, 0.3) is 0 Å². The lowest BCUT2D eigenvalue weighted by atomic mass is 9.76. The zero-order valence-corrected chi connectivity index (χ0v) is 13.6. The van der Waals surface area contributed by atoms with Crippen LogP contribution in [0.2, 0.25) is 5.02 Å². The van der Waals surface area contributed by atoms with Gasteiger partial charge in [-0.05, 0) is 50.3 Å². The van der Waals surface area contributed by atoms with Crippen molar-refractivity contribution < 1.29 is 0 Å². The molecule has 0 unspecified atom stereocenters. The quantitative estimate of drug-likeness (QED) is 0.933. The van der Waals surface area contributed by atoms with Crippen LogP contribution in [0.5, 0.6) is 0 Å². The number of rotatable bonds is 4. The Hall–Kier alpha value is -1.32. The molecule has 0 saturated heterocycles. The van der Waals surface area contributed by atoms with E-state index < -0.39 is 0 Å². The molecule has 2 aromatic rings. The molecule has 3 nitrogen and oxygen atoms in total. The van der Waals surface area contributed by atoms with Crippen LogP contribution < -0.4 is 5.32 Å². The van der Waals surface area contributed by atoms with Crippen LogP contribution in [-0.4, -0.2) is 15.8 Å². The predicted molar refractivity (Wildman–Crippen MR) is 86.7 cm³/mol. The number of aryl methyl sites for hydroxylation is 2. The van der Waals surface area contributed by atoms with Gasteiger partial charge in [-0.25, -0.2) is 0 Å². The van der Waals surface area contributed by atoms with E-state index in [2.05, 4.69) is 36.4 Å². The number of nitrogens with zero attached hydrogens (tertiary/aromatic N) is 2. The van der Waals surface area contributed by atoms with Crippen LogP contribution in [0.3, 0.4) is 0 Å². The molecule has 1 fully saturated rings. The second-order valence-electron chi connectivity index (χ2n) is 6.07. The Bertz CT molecular complexity index is 624. The van der Waals surface area contributed by atoms with E-state index in [1.165, 1.54) is 29.7 Å². The predicted octanol–water partition coefficient (Wildman–Crippen LogP) is 3.73. The summed E-state index contributed by atoms with van der Waals surface area (Å²) in [5.74, 6) is 0.677. The molecule has 1 aliphatic carbocycles. The Balaban J connectivity index is 1.52. The van der Waals surface area contributed by atoms with Crippen molar-refractivity contribution in [1.82, 2.24) is 15.1 Å². The average molecular weight is 304 g/mol. The fourth-order valence-corrected chi connectivity index (χ4v) is 3.24. The van der Waals surface area contributed by atoms with Gasteiger partial charge < -0.3 is 5.32 Å². The lowest BCUT2D eigenvalue weighted by Gasteiger charge is -2.36. The lowest BCUT2D eigenvalue weighted by Crippen LogP contribution is -2.39. The lowest BCUT2D eigenvalue weighted by molar-refractivity contribution is 0.289. The first kappa shape index (κ1) is 14.6. The van der Waals surface area contributed by atoms with Crippen LogP contribution in [0.4, 0.5) is 0 Å². The summed E-state index contributed by atoms with van der Waals surface area (Å²) in [7, 11) is 2.01. The summed E-state index contributed by atoms with van der Waals surface area (Å²) in [6.45, 7) is 5.14. The molecule has 21 heavy (non-hydrogen) atoms. The van der Waals surface area contributed by atoms with E-state index >= 15 is 0 Å². The first-order valence-corrected chi connectivity index (χ1v) is 7.90. The van der Waals surface area contributed by atoms with Crippen molar-refractivity contribution in [3.05, 3.63) is 51.8 Å². The van der Waals surface area contributed by atoms with Gasteiger partial charge in [0.15, 0.2) is 0 Å². The largest absolute Gasteiger partial charge is 0.310 e. The fourth-order valence-electron chi connectivity index (χ4n) is 3.11. The van der Waals surface area contributed by atoms with Crippen LogP contribution in [0, 0.1) is 13.8 Å². The maximum atomic E-state index is 5.94. The molecule has 1 saturated carbocycles. The minimum absolute atomic E-state index is 0.615. The summed E-state index contributed by atoms with van der Waals surface area (Å²) < 4.78 is 1.96. The molecule has 4 heteroatoms. The van der Waals surface area contributed by atoms with Gasteiger partial charge in [-0.3, -0.25) is 4.68 Å². The van der Waals surface area contributed by atoms with Gasteiger partial charge in [-0.15, -0.1) is 0 Å². The van der Waals surface area contributed by atoms with E-state index in [9.17, 15) is 0 Å². The van der Waals surface area contributed by atoms with Crippen molar-refractivity contribution in [3.63, 3.8) is 0 Å². The molecule has 1 aromatic heterocycles. The van der Waals surface area contributed by atoms with Gasteiger partial charge in [0.2, 0.25) is 0 Å². The summed E-state index contributed by atoms with van der Waals surface area (Å²) >= 11 is 5.94. The molecule has 1 aliphatic rings. The van der Waals surface area contributed by atoms with E-state index in [1.807, 2.05) is 23.9 Å². The molecular formula is C17H22ClN3. The van der Waals surface area contributed by atoms with Crippen LogP contribution >= 0.6 is 11.6 Å². The molecule has 0 aliphatic heterocycles. The molecule has 1 N–H and O–H groups in total. The van der Waals surface area contributed by atoms with Gasteiger partial charge in [0, 0.05) is 35.9 Å². The third-order valence-electron chi connectivity index (χ3n) is 4.71. The van der Waals surface area contributed by atoms with E-state index in [-0.39, 0.29) is 0 Å². The van der Waals surface area contributed by atoms with Gasteiger partial charge >= 0.3 is 0 Å². The Morgan fingerprint density at radius 2 is 1.90 bits per heavy atom. The zero-order valence-electron chi connectivity index (χ0n) is 12.9. The summed E-state index contributed by atoms with van der Waals surface area (Å²) in [6.07, 6.45) is 2.42. The minimum Gasteiger partial charge on any atom is -0.310 e. The second kappa shape index (κ2) is 5.82. The summed E-state index contributed by atoms with van der Waals surface area (Å²) in [6, 6.07) is 8.89. The van der Waals surface area contributed by atoms with Gasteiger partial charge in [0.1, 0.15) is 0 Å². The topological polar surface area (TPSA) is 29.9 Å². The van der Waals surface area contributed by atoms with Crippen LogP contribution in [-0.2, 0) is 13.6 Å². The van der Waals surface area contributed by atoms with Crippen molar-refractivity contribution in [2.24, 2.45) is 7.05 Å². The van der Waals surface area contributed by atoms with Gasteiger partial charge in [-0.1, -0.05) is 23.7 Å². The Kier molecular flexibility index (Phi) is 4.05. The number of hydrogen-bond donors (Lipinski definition) is 1. The van der Waals surface area contributed by atoms with E-state index in [0.29, 0.717) is 12.0 Å². The molecule has 0 radical (unpaired) electrons. The smallest absolute Gasteiger partial charge is 0.0641 e. The molecule has 1 aromatic carbocycles. The third kappa shape index (κ3) is 2.99. The maximum absolute atomic E-state index is 5.94. The number of nitrogens with one attached hydrogen (secondary N) is 1. The highest BCUT2D eigenvalue weighted by atomic mass is 35.5. The monoisotopic (exact) mass is 303 g/mol. The van der Waals surface area contributed by atoms with Crippen molar-refractivity contribution >= 4 is 11.6 Å². The van der Waals surface area contributed by atoms with E-state index in [1.54, 1.807) is 0 Å². The van der Waals surface area contributed by atoms with Crippen LogP contribution in [0.1, 0.15) is 41.3 Å². The van der Waals surface area contributed by atoms with Crippen LogP contribution in [0.25, 0.3) is 0 Å². The Morgan fingerprint density at radius 3 is 2.48 bits per heavy atom. The minimum atomic E-state index is 0.615. The molecule has 3 rings (SSSR count). The first-order chi connectivity index (χ1) is 10.0. The highest BCUT2D eigenvalue weighted by Crippen LogP contribution is 2.37. The molecule has 0 amide bonds. The second-order valence-corrected chi connectivity index (χ2v) is 6.51. The molecule has 1 heterocycles. The third-order valence-corrected chi connectivity index (χ3v) is 4.96. The average Bonchev–Trinajstić information content (AvgIpc) is 2.65. The molecule has 112 valence electrons. The number of benzene rings is 1. The highest BCUT2D eigenvalue weighted by Gasteiger charge is 2.30. The number of hydrogen-bond acceptors (Lipinski definition) is 2. The normalized spacial score (nSPS) is 21.3. The highest BCUT2D eigenvalue weighted by molar-refractivity contribution is 6.30. The molecule has 0 bridgehead atoms. The summed E-state index contributed by atoms with van der Waals surface area (Å²) in [4.78, 5) is 0. The van der Waals surface area contributed by atoms with Crippen molar-refractivity contribution in [1.29, 1.82) is 0 Å². The molecular weight excluding hydrogens is 282 g/mol. The Morgan fingerprint density at radius 1 is 1.24 bits per heavy atom. The van der Waals surface area contributed by atoms with Crippen molar-refractivity contribution in [2.75, 3.05) is 0 Å². The number of aromatic nitrogens is 2. The van der Waals surface area contributed by atoms with Crippen molar-refractivity contribution in [3.8, 4) is 0 Å². The SMILES string of the molecule is Cc1nn(C)c(C)c1CNC1CC(c2ccc(Cl)cc2)C1.